The van der Waals surface area contributed by atoms with Crippen LogP contribution in [0.25, 0.3) is 0 Å². The van der Waals surface area contributed by atoms with Crippen molar-refractivity contribution < 1.29 is 9.47 Å². The van der Waals surface area contributed by atoms with E-state index in [2.05, 4.69) is 18.5 Å². The highest BCUT2D eigenvalue weighted by Crippen LogP contribution is 2.33. The van der Waals surface area contributed by atoms with Crippen molar-refractivity contribution in [1.29, 1.82) is 0 Å². The second-order valence-electron chi connectivity index (χ2n) is 3.61. The van der Waals surface area contributed by atoms with E-state index in [1.165, 1.54) is 0 Å². The first-order valence-electron chi connectivity index (χ1n) is 5.64. The highest BCUT2D eigenvalue weighted by molar-refractivity contribution is 6.31. The van der Waals surface area contributed by atoms with Crippen molar-refractivity contribution in [1.82, 2.24) is 5.32 Å². The van der Waals surface area contributed by atoms with Gasteiger partial charge in [-0.25, -0.2) is 0 Å². The molecular weight excluding hydrogens is 250 g/mol. The summed E-state index contributed by atoms with van der Waals surface area (Å²) >= 11 is 6.19. The molecule has 0 amide bonds. The number of methoxy groups -OCH3 is 1. The van der Waals surface area contributed by atoms with Gasteiger partial charge in [0.05, 0.1) is 7.11 Å². The minimum atomic E-state index is 0.417. The number of hydrogen-bond donors (Lipinski definition) is 1. The standard InChI is InChI=1S/C14H18ClNO2/c1-4-6-16-10-11-8-13(17-3)14(9-12(11)15)18-7-5-2/h4-5,8-9,16H,1-2,6-7,10H2,3H3. The van der Waals surface area contributed by atoms with Gasteiger partial charge in [-0.2, -0.15) is 0 Å². The third kappa shape index (κ3) is 4.09. The van der Waals surface area contributed by atoms with E-state index in [0.717, 1.165) is 12.1 Å². The fourth-order valence-corrected chi connectivity index (χ4v) is 1.66. The van der Waals surface area contributed by atoms with Gasteiger partial charge >= 0.3 is 0 Å². The molecule has 98 valence electrons. The van der Waals surface area contributed by atoms with Crippen LogP contribution >= 0.6 is 11.6 Å². The number of benzene rings is 1. The summed E-state index contributed by atoms with van der Waals surface area (Å²) in [6.45, 7) is 9.05. The smallest absolute Gasteiger partial charge is 0.163 e. The lowest BCUT2D eigenvalue weighted by Crippen LogP contribution is -2.13. The molecule has 1 rings (SSSR count). The van der Waals surface area contributed by atoms with Gasteiger partial charge in [0, 0.05) is 24.2 Å². The van der Waals surface area contributed by atoms with Gasteiger partial charge in [-0.05, 0) is 11.6 Å². The SMILES string of the molecule is C=CCNCc1cc(OC)c(OCC=C)cc1Cl. The van der Waals surface area contributed by atoms with E-state index in [1.807, 2.05) is 6.07 Å². The van der Waals surface area contributed by atoms with Gasteiger partial charge < -0.3 is 14.8 Å². The maximum absolute atomic E-state index is 6.19. The molecule has 0 saturated heterocycles. The Morgan fingerprint density at radius 2 is 2.06 bits per heavy atom. The van der Waals surface area contributed by atoms with E-state index in [0.29, 0.717) is 29.7 Å². The Balaban J connectivity index is 2.87. The first-order valence-corrected chi connectivity index (χ1v) is 6.02. The third-order valence-corrected chi connectivity index (χ3v) is 2.65. The predicted octanol–water partition coefficient (Wildman–Crippen LogP) is 3.19. The monoisotopic (exact) mass is 267 g/mol. The van der Waals surface area contributed by atoms with Crippen LogP contribution in [-0.2, 0) is 6.54 Å². The van der Waals surface area contributed by atoms with E-state index in [4.69, 9.17) is 21.1 Å². The van der Waals surface area contributed by atoms with Gasteiger partial charge in [-0.3, -0.25) is 0 Å². The van der Waals surface area contributed by atoms with Gasteiger partial charge in [-0.15, -0.1) is 6.58 Å². The van der Waals surface area contributed by atoms with Crippen LogP contribution in [0.15, 0.2) is 37.4 Å². The summed E-state index contributed by atoms with van der Waals surface area (Å²) in [6.07, 6.45) is 3.47. The maximum Gasteiger partial charge on any atom is 0.163 e. The van der Waals surface area contributed by atoms with Crippen LogP contribution in [-0.4, -0.2) is 20.3 Å². The summed E-state index contributed by atoms with van der Waals surface area (Å²) < 4.78 is 10.8. The van der Waals surface area contributed by atoms with Gasteiger partial charge in [0.2, 0.25) is 0 Å². The molecule has 0 aliphatic rings. The van der Waals surface area contributed by atoms with Crippen LogP contribution in [0, 0.1) is 0 Å². The quantitative estimate of drug-likeness (QED) is 0.580. The highest BCUT2D eigenvalue weighted by Gasteiger charge is 2.09. The molecule has 0 atom stereocenters. The Kier molecular flexibility index (Phi) is 6.33. The van der Waals surface area contributed by atoms with Crippen LogP contribution in [0.5, 0.6) is 11.5 Å². The fourth-order valence-electron chi connectivity index (χ4n) is 1.44. The molecule has 1 aromatic carbocycles. The Bertz CT molecular complexity index is 419. The van der Waals surface area contributed by atoms with Gasteiger partial charge in [-0.1, -0.05) is 30.3 Å². The van der Waals surface area contributed by atoms with Crippen LogP contribution in [0.3, 0.4) is 0 Å². The summed E-state index contributed by atoms with van der Waals surface area (Å²) in [5, 5.41) is 3.84. The molecule has 0 bridgehead atoms. The Morgan fingerprint density at radius 1 is 1.28 bits per heavy atom. The lowest BCUT2D eigenvalue weighted by atomic mass is 10.2. The number of nitrogens with one attached hydrogen (secondary N) is 1. The van der Waals surface area contributed by atoms with Crippen molar-refractivity contribution in [3.05, 3.63) is 48.0 Å². The second kappa shape index (κ2) is 7.80. The molecule has 0 radical (unpaired) electrons. The molecule has 0 aromatic heterocycles. The molecule has 0 aliphatic carbocycles. The van der Waals surface area contributed by atoms with E-state index in [-0.39, 0.29) is 0 Å². The van der Waals surface area contributed by atoms with Crippen molar-refractivity contribution in [2.24, 2.45) is 0 Å². The van der Waals surface area contributed by atoms with E-state index < -0.39 is 0 Å². The van der Waals surface area contributed by atoms with Crippen molar-refractivity contribution >= 4 is 11.6 Å². The zero-order valence-corrected chi connectivity index (χ0v) is 11.3. The van der Waals surface area contributed by atoms with Crippen LogP contribution < -0.4 is 14.8 Å². The molecule has 0 heterocycles. The lowest BCUT2D eigenvalue weighted by Gasteiger charge is -2.13. The van der Waals surface area contributed by atoms with Crippen LogP contribution in [0.2, 0.25) is 5.02 Å². The minimum Gasteiger partial charge on any atom is -0.493 e. The lowest BCUT2D eigenvalue weighted by molar-refractivity contribution is 0.326. The molecule has 0 aliphatic heterocycles. The van der Waals surface area contributed by atoms with Crippen molar-refractivity contribution in [2.45, 2.75) is 6.54 Å². The summed E-state index contributed by atoms with van der Waals surface area (Å²) in [6, 6.07) is 3.63. The largest absolute Gasteiger partial charge is 0.493 e. The van der Waals surface area contributed by atoms with Crippen molar-refractivity contribution in [2.75, 3.05) is 20.3 Å². The Morgan fingerprint density at radius 3 is 2.67 bits per heavy atom. The third-order valence-electron chi connectivity index (χ3n) is 2.29. The molecular formula is C14H18ClNO2. The predicted molar refractivity (Wildman–Crippen MR) is 75.6 cm³/mol. The molecule has 18 heavy (non-hydrogen) atoms. The van der Waals surface area contributed by atoms with E-state index in [9.17, 15) is 0 Å². The zero-order chi connectivity index (χ0) is 13.4. The fraction of sp³-hybridized carbons (Fsp3) is 0.286. The minimum absolute atomic E-state index is 0.417. The first kappa shape index (κ1) is 14.6. The van der Waals surface area contributed by atoms with Crippen LogP contribution in [0.1, 0.15) is 5.56 Å². The Hall–Kier alpha value is -1.45. The van der Waals surface area contributed by atoms with Crippen molar-refractivity contribution in [3.8, 4) is 11.5 Å². The van der Waals surface area contributed by atoms with E-state index >= 15 is 0 Å². The molecule has 0 fully saturated rings. The van der Waals surface area contributed by atoms with Crippen molar-refractivity contribution in [3.63, 3.8) is 0 Å². The zero-order valence-electron chi connectivity index (χ0n) is 10.5. The normalized spacial score (nSPS) is 9.89. The molecule has 1 N–H and O–H groups in total. The molecule has 4 heteroatoms. The Labute approximate surface area is 113 Å². The highest BCUT2D eigenvalue weighted by atomic mass is 35.5. The number of hydrogen-bond acceptors (Lipinski definition) is 3. The number of rotatable bonds is 8. The average Bonchev–Trinajstić information content (AvgIpc) is 2.38. The summed E-state index contributed by atoms with van der Waals surface area (Å²) in [5.74, 6) is 1.28. The first-order chi connectivity index (χ1) is 8.72. The topological polar surface area (TPSA) is 30.5 Å². The number of ether oxygens (including phenoxy) is 2. The van der Waals surface area contributed by atoms with E-state index in [1.54, 1.807) is 25.3 Å². The van der Waals surface area contributed by atoms with Gasteiger partial charge in [0.1, 0.15) is 6.61 Å². The summed E-state index contributed by atoms with van der Waals surface area (Å²) in [4.78, 5) is 0. The van der Waals surface area contributed by atoms with Gasteiger partial charge in [0.25, 0.3) is 0 Å². The molecule has 3 nitrogen and oxygen atoms in total. The van der Waals surface area contributed by atoms with Gasteiger partial charge in [0.15, 0.2) is 11.5 Å². The maximum atomic E-state index is 6.19. The molecule has 0 spiro atoms. The molecule has 0 unspecified atom stereocenters. The average molecular weight is 268 g/mol. The molecule has 1 aromatic rings. The summed E-state index contributed by atoms with van der Waals surface area (Å²) in [7, 11) is 1.60. The van der Waals surface area contributed by atoms with Crippen LogP contribution in [0.4, 0.5) is 0 Å². The molecule has 0 saturated carbocycles. The second-order valence-corrected chi connectivity index (χ2v) is 4.02. The summed E-state index contributed by atoms with van der Waals surface area (Å²) in [5.41, 5.74) is 0.960. The number of halogens is 1.